The van der Waals surface area contributed by atoms with Crippen molar-refractivity contribution in [3.63, 3.8) is 0 Å². The molecule has 4 aromatic rings. The Hall–Kier alpha value is -6.19. The molecule has 23 nitrogen and oxygen atoms in total. The Labute approximate surface area is 480 Å². The molecule has 0 aromatic heterocycles. The number of nitrogens with one attached hydrogen (secondary N) is 1. The van der Waals surface area contributed by atoms with E-state index in [2.05, 4.69) is 5.32 Å². The van der Waals surface area contributed by atoms with Gasteiger partial charge in [-0.15, -0.1) is 0 Å². The van der Waals surface area contributed by atoms with Gasteiger partial charge >= 0.3 is 11.9 Å². The monoisotopic (exact) mass is 1160 g/mol. The van der Waals surface area contributed by atoms with Gasteiger partial charge in [0.1, 0.15) is 50.1 Å². The smallest absolute Gasteiger partial charge is 0.306 e. The maximum Gasteiger partial charge on any atom is 0.306 e. The molecule has 0 saturated heterocycles. The first kappa shape index (κ1) is 68.3. The van der Waals surface area contributed by atoms with Crippen LogP contribution in [0.3, 0.4) is 0 Å². The van der Waals surface area contributed by atoms with Crippen molar-refractivity contribution in [3.05, 3.63) is 113 Å². The Morgan fingerprint density at radius 2 is 0.805 bits per heavy atom. The van der Waals surface area contributed by atoms with Crippen molar-refractivity contribution in [2.24, 2.45) is 0 Å². The molecule has 4 rings (SSSR count). The second kappa shape index (κ2) is 43.5. The van der Waals surface area contributed by atoms with E-state index in [4.69, 9.17) is 80.5 Å². The number of hydrogen-bond donors (Lipinski definition) is 3. The molecule has 0 atom stereocenters. The number of rotatable bonds is 50. The summed E-state index contributed by atoms with van der Waals surface area (Å²) < 4.78 is 95.7. The highest BCUT2D eigenvalue weighted by molar-refractivity contribution is 5.96. The Balaban J connectivity index is 1.37. The second-order valence-electron chi connectivity index (χ2n) is 17.8. The van der Waals surface area contributed by atoms with E-state index in [0.717, 1.165) is 28.2 Å². The standard InChI is InChI=1S/C59H83NO22/c1-66-19-35-80-55(63)17-18-56(64)82-46-59(44-61,45-62)60-58(65)50-39-53(78-36-32-72-23-20-69-27-30-76-42-48-9-13-51(67-2)14-10-48)57(81-38-34-74-25-22-71-26-29-75-41-47-7-5-4-6-8-47)54(40-50)79-37-33-73-24-21-70-28-31-77-43-49-11-15-52(68-3)16-12-49/h4-16,39-40,61-62H,17-38,41-46H2,1-3H3,(H,60,65). The largest absolute Gasteiger partial charge is 0.497 e. The van der Waals surface area contributed by atoms with Gasteiger partial charge in [0, 0.05) is 12.7 Å². The lowest BCUT2D eigenvalue weighted by Crippen LogP contribution is -2.57. The summed E-state index contributed by atoms with van der Waals surface area (Å²) in [5.74, 6) is -0.440. The van der Waals surface area contributed by atoms with Gasteiger partial charge in [-0.05, 0) is 53.1 Å². The van der Waals surface area contributed by atoms with Gasteiger partial charge in [0.05, 0.1) is 166 Å². The first-order chi connectivity index (χ1) is 40.2. The van der Waals surface area contributed by atoms with Crippen molar-refractivity contribution in [3.8, 4) is 28.7 Å². The molecule has 0 aliphatic carbocycles. The van der Waals surface area contributed by atoms with Gasteiger partial charge in [0.25, 0.3) is 5.91 Å². The average Bonchev–Trinajstić information content (AvgIpc) is 3.50. The summed E-state index contributed by atoms with van der Waals surface area (Å²) in [5.41, 5.74) is 1.20. The van der Waals surface area contributed by atoms with E-state index in [1.807, 2.05) is 78.9 Å². The number of methoxy groups -OCH3 is 3. The number of ether oxygens (including phenoxy) is 17. The molecule has 1 amide bonds. The average molecular weight is 1160 g/mol. The molecular weight excluding hydrogens is 1070 g/mol. The molecular formula is C59H83NO22. The van der Waals surface area contributed by atoms with Crippen LogP contribution in [-0.2, 0) is 86.3 Å². The summed E-state index contributed by atoms with van der Waals surface area (Å²) in [6.45, 7) is 3.62. The van der Waals surface area contributed by atoms with Gasteiger partial charge in [-0.25, -0.2) is 0 Å². The zero-order chi connectivity index (χ0) is 58.6. The molecule has 82 heavy (non-hydrogen) atoms. The lowest BCUT2D eigenvalue weighted by atomic mass is 10.0. The fourth-order valence-electron chi connectivity index (χ4n) is 6.97. The van der Waals surface area contributed by atoms with Crippen LogP contribution in [0.1, 0.15) is 39.9 Å². The van der Waals surface area contributed by atoms with Crippen LogP contribution in [0.25, 0.3) is 0 Å². The molecule has 3 N–H and O–H groups in total. The van der Waals surface area contributed by atoms with Gasteiger partial charge in [-0.3, -0.25) is 14.4 Å². The van der Waals surface area contributed by atoms with Crippen molar-refractivity contribution in [1.29, 1.82) is 0 Å². The van der Waals surface area contributed by atoms with Crippen molar-refractivity contribution >= 4 is 17.8 Å². The number of carbonyl (C=O) groups excluding carboxylic acids is 3. The summed E-state index contributed by atoms with van der Waals surface area (Å²) in [6, 6.07) is 27.9. The van der Waals surface area contributed by atoms with Gasteiger partial charge in [-0.1, -0.05) is 54.6 Å². The van der Waals surface area contributed by atoms with Crippen LogP contribution >= 0.6 is 0 Å². The second-order valence-corrected chi connectivity index (χ2v) is 17.8. The fraction of sp³-hybridized carbons (Fsp3) is 0.542. The number of aliphatic hydroxyl groups is 2. The SMILES string of the molecule is COCCOC(=O)CCC(=O)OCC(CO)(CO)NC(=O)c1cc(OCCOCCOCCOCc2ccc(OC)cc2)c(OCCOCCOCCOCc2ccccc2)c(OCCOCCOCCOCc2ccc(OC)cc2)c1. The number of amides is 1. The van der Waals surface area contributed by atoms with Crippen LogP contribution in [0, 0.1) is 0 Å². The zero-order valence-corrected chi connectivity index (χ0v) is 47.5. The van der Waals surface area contributed by atoms with Crippen LogP contribution in [0.15, 0.2) is 91.0 Å². The molecule has 0 heterocycles. The van der Waals surface area contributed by atoms with Crippen molar-refractivity contribution in [2.75, 3.05) is 173 Å². The minimum Gasteiger partial charge on any atom is -0.497 e. The maximum absolute atomic E-state index is 14.1. The molecule has 0 fully saturated rings. The summed E-state index contributed by atoms with van der Waals surface area (Å²) in [4.78, 5) is 38.8. The van der Waals surface area contributed by atoms with Crippen LogP contribution in [0.5, 0.6) is 28.7 Å². The lowest BCUT2D eigenvalue weighted by Gasteiger charge is -2.30. The highest BCUT2D eigenvalue weighted by Crippen LogP contribution is 2.39. The van der Waals surface area contributed by atoms with Crippen LogP contribution in [0.4, 0.5) is 0 Å². The van der Waals surface area contributed by atoms with Crippen LogP contribution in [0.2, 0.25) is 0 Å². The third-order valence-corrected chi connectivity index (χ3v) is 11.5. The van der Waals surface area contributed by atoms with Gasteiger partial charge in [0.15, 0.2) is 11.5 Å². The molecule has 23 heteroatoms. The van der Waals surface area contributed by atoms with E-state index in [1.54, 1.807) is 14.2 Å². The van der Waals surface area contributed by atoms with Gasteiger partial charge in [-0.2, -0.15) is 0 Å². The molecule has 0 unspecified atom stereocenters. The summed E-state index contributed by atoms with van der Waals surface area (Å²) >= 11 is 0. The van der Waals surface area contributed by atoms with E-state index in [-0.39, 0.29) is 108 Å². The zero-order valence-electron chi connectivity index (χ0n) is 47.5. The lowest BCUT2D eigenvalue weighted by molar-refractivity contribution is -0.152. The number of esters is 2. The first-order valence-corrected chi connectivity index (χ1v) is 27.1. The topological polar surface area (TPSA) is 261 Å². The minimum atomic E-state index is -1.85. The van der Waals surface area contributed by atoms with E-state index >= 15 is 0 Å². The van der Waals surface area contributed by atoms with Crippen LogP contribution in [-0.4, -0.2) is 207 Å². The van der Waals surface area contributed by atoms with Gasteiger partial charge < -0.3 is 96.1 Å². The third kappa shape index (κ3) is 29.7. The normalized spacial score (nSPS) is 11.3. The van der Waals surface area contributed by atoms with Crippen molar-refractivity contribution < 1.29 is 105 Å². The predicted octanol–water partition coefficient (Wildman–Crippen LogP) is 4.56. The molecule has 0 bridgehead atoms. The molecule has 0 aliphatic rings. The van der Waals surface area contributed by atoms with E-state index in [9.17, 15) is 24.6 Å². The molecule has 0 spiro atoms. The number of benzene rings is 4. The number of carbonyl (C=O) groups is 3. The summed E-state index contributed by atoms with van der Waals surface area (Å²) in [6.07, 6.45) is -0.636. The Kier molecular flexibility index (Phi) is 36.2. The van der Waals surface area contributed by atoms with Crippen molar-refractivity contribution in [1.82, 2.24) is 5.32 Å². The highest BCUT2D eigenvalue weighted by atomic mass is 16.6. The third-order valence-electron chi connectivity index (χ3n) is 11.5. The molecule has 0 radical (unpaired) electrons. The Morgan fingerprint density at radius 1 is 0.427 bits per heavy atom. The summed E-state index contributed by atoms with van der Waals surface area (Å²) in [5, 5.41) is 23.5. The predicted molar refractivity (Wildman–Crippen MR) is 297 cm³/mol. The molecule has 456 valence electrons. The Morgan fingerprint density at radius 3 is 1.21 bits per heavy atom. The summed E-state index contributed by atoms with van der Waals surface area (Å²) in [7, 11) is 4.68. The van der Waals surface area contributed by atoms with E-state index < -0.39 is 43.2 Å². The molecule has 4 aromatic carbocycles. The fourth-order valence-corrected chi connectivity index (χ4v) is 6.97. The minimum absolute atomic E-state index is 0.00251. The number of aliphatic hydroxyl groups excluding tert-OH is 2. The quantitative estimate of drug-likeness (QED) is 0.0404. The Bertz CT molecular complexity index is 2200. The van der Waals surface area contributed by atoms with Crippen molar-refractivity contribution in [2.45, 2.75) is 38.2 Å². The number of hydrogen-bond acceptors (Lipinski definition) is 22. The van der Waals surface area contributed by atoms with E-state index in [0.29, 0.717) is 79.3 Å². The van der Waals surface area contributed by atoms with Crippen LogP contribution < -0.4 is 29.0 Å². The first-order valence-electron chi connectivity index (χ1n) is 27.1. The molecule has 0 saturated carbocycles. The molecule has 0 aliphatic heterocycles. The maximum atomic E-state index is 14.1. The van der Waals surface area contributed by atoms with E-state index in [1.165, 1.54) is 19.2 Å². The highest BCUT2D eigenvalue weighted by Gasteiger charge is 2.34. The van der Waals surface area contributed by atoms with Gasteiger partial charge in [0.2, 0.25) is 5.75 Å².